The number of nitrogens with one attached hydrogen (secondary N) is 2. The molecule has 2 aromatic heterocycles. The lowest BCUT2D eigenvalue weighted by Gasteiger charge is -2.22. The molecule has 0 fully saturated rings. The van der Waals surface area contributed by atoms with Crippen LogP contribution in [-0.4, -0.2) is 26.9 Å². The van der Waals surface area contributed by atoms with Crippen molar-refractivity contribution in [3.05, 3.63) is 33.4 Å². The molecule has 0 radical (unpaired) electrons. The summed E-state index contributed by atoms with van der Waals surface area (Å²) in [4.78, 5) is 25.5. The number of aromatic nitrogens is 3. The Labute approximate surface area is 96.6 Å². The molecule has 0 bridgehead atoms. The van der Waals surface area contributed by atoms with Gasteiger partial charge < -0.3 is 10.3 Å². The van der Waals surface area contributed by atoms with Gasteiger partial charge in [-0.3, -0.25) is 9.59 Å². The van der Waals surface area contributed by atoms with Crippen molar-refractivity contribution < 1.29 is 4.79 Å². The van der Waals surface area contributed by atoms with Crippen molar-refractivity contribution in [2.24, 2.45) is 0 Å². The zero-order valence-electron chi connectivity index (χ0n) is 9.36. The number of rotatable bonds is 1. The Morgan fingerprint density at radius 2 is 2.41 bits per heavy atom. The highest BCUT2D eigenvalue weighted by Crippen LogP contribution is 2.15. The molecule has 88 valence electrons. The van der Waals surface area contributed by atoms with Crippen LogP contribution in [0.1, 0.15) is 28.5 Å². The third-order valence-electron chi connectivity index (χ3n) is 3.16. The maximum atomic E-state index is 11.9. The number of fused-ring (bicyclic) bond motifs is 3. The van der Waals surface area contributed by atoms with Gasteiger partial charge in [0, 0.05) is 18.2 Å². The summed E-state index contributed by atoms with van der Waals surface area (Å²) in [6, 6.07) is 0.280. The summed E-state index contributed by atoms with van der Waals surface area (Å²) in [5.41, 5.74) is 2.35. The number of hydrogen-bond donors (Lipinski definition) is 2. The third kappa shape index (κ3) is 1.41. The van der Waals surface area contributed by atoms with E-state index in [1.54, 1.807) is 4.52 Å². The van der Waals surface area contributed by atoms with E-state index in [4.69, 9.17) is 0 Å². The van der Waals surface area contributed by atoms with E-state index < -0.39 is 0 Å². The fraction of sp³-hybridized carbons (Fsp3) is 0.364. The second kappa shape index (κ2) is 3.53. The quantitative estimate of drug-likeness (QED) is 0.671. The first-order chi connectivity index (χ1) is 8.20. The molecule has 0 aromatic carbocycles. The predicted molar refractivity (Wildman–Crippen MR) is 61.2 cm³/mol. The normalized spacial score (nSPS) is 19.2. The number of aromatic amines is 1. The number of carbonyl (C=O) groups excluding carboxylic acids is 1. The maximum absolute atomic E-state index is 11.9. The van der Waals surface area contributed by atoms with Gasteiger partial charge >= 0.3 is 0 Å². The van der Waals surface area contributed by atoms with Gasteiger partial charge in [0.1, 0.15) is 5.65 Å². The Kier molecular flexibility index (Phi) is 2.12. The minimum Gasteiger partial charge on any atom is -0.308 e. The van der Waals surface area contributed by atoms with Gasteiger partial charge in [0.25, 0.3) is 5.56 Å². The monoisotopic (exact) mass is 232 g/mol. The molecule has 2 aromatic rings. The van der Waals surface area contributed by atoms with Crippen LogP contribution >= 0.6 is 0 Å². The molecule has 6 nitrogen and oxygen atoms in total. The lowest BCUT2D eigenvalue weighted by atomic mass is 10.0. The minimum atomic E-state index is -0.121. The summed E-state index contributed by atoms with van der Waals surface area (Å²) < 4.78 is 1.64. The second-order valence-corrected chi connectivity index (χ2v) is 4.34. The van der Waals surface area contributed by atoms with Gasteiger partial charge in [-0.1, -0.05) is 0 Å². The van der Waals surface area contributed by atoms with E-state index in [2.05, 4.69) is 15.4 Å². The molecule has 1 unspecified atom stereocenters. The lowest BCUT2D eigenvalue weighted by molar-refractivity contribution is 0.112. The first kappa shape index (κ1) is 10.2. The largest absolute Gasteiger partial charge is 0.308 e. The van der Waals surface area contributed by atoms with Crippen molar-refractivity contribution in [2.75, 3.05) is 0 Å². The van der Waals surface area contributed by atoms with Crippen molar-refractivity contribution in [3.8, 4) is 0 Å². The Hall–Kier alpha value is -1.95. The fourth-order valence-corrected chi connectivity index (χ4v) is 2.26. The first-order valence-corrected chi connectivity index (χ1v) is 5.51. The molecule has 0 saturated carbocycles. The van der Waals surface area contributed by atoms with Crippen LogP contribution in [0.2, 0.25) is 0 Å². The van der Waals surface area contributed by atoms with E-state index in [1.165, 1.54) is 6.20 Å². The molecular weight excluding hydrogens is 220 g/mol. The Balaban J connectivity index is 2.35. The summed E-state index contributed by atoms with van der Waals surface area (Å²) in [5, 5.41) is 7.43. The zero-order valence-corrected chi connectivity index (χ0v) is 9.36. The average Bonchev–Trinajstić information content (AvgIpc) is 2.72. The van der Waals surface area contributed by atoms with E-state index in [-0.39, 0.29) is 11.6 Å². The molecule has 1 atom stereocenters. The van der Waals surface area contributed by atoms with E-state index in [0.29, 0.717) is 30.5 Å². The minimum absolute atomic E-state index is 0.121. The van der Waals surface area contributed by atoms with Gasteiger partial charge in [-0.05, 0) is 13.3 Å². The summed E-state index contributed by atoms with van der Waals surface area (Å²) in [7, 11) is 0. The van der Waals surface area contributed by atoms with E-state index in [0.717, 1.165) is 11.3 Å². The topological polar surface area (TPSA) is 79.3 Å². The highest BCUT2D eigenvalue weighted by Gasteiger charge is 2.21. The zero-order chi connectivity index (χ0) is 12.0. The molecule has 1 aliphatic heterocycles. The Bertz CT molecular complexity index is 655. The molecule has 1 aliphatic rings. The SMILES string of the molecule is CC1Cc2c(n3ncc(C=O)c3[nH]c2=O)CN1. The lowest BCUT2D eigenvalue weighted by Crippen LogP contribution is -2.38. The van der Waals surface area contributed by atoms with Crippen LogP contribution in [0.4, 0.5) is 0 Å². The molecule has 0 spiro atoms. The van der Waals surface area contributed by atoms with Gasteiger partial charge in [0.05, 0.1) is 17.5 Å². The molecule has 6 heteroatoms. The standard InChI is InChI=1S/C11H12N4O2/c1-6-2-8-9(4-12-6)15-10(14-11(8)17)7(5-16)3-13-15/h3,5-6,12H,2,4H2,1H3,(H,14,17). The smallest absolute Gasteiger partial charge is 0.254 e. The van der Waals surface area contributed by atoms with E-state index >= 15 is 0 Å². The maximum Gasteiger partial charge on any atom is 0.254 e. The van der Waals surface area contributed by atoms with Gasteiger partial charge in [-0.2, -0.15) is 5.10 Å². The highest BCUT2D eigenvalue weighted by atomic mass is 16.1. The van der Waals surface area contributed by atoms with Crippen molar-refractivity contribution in [1.29, 1.82) is 0 Å². The van der Waals surface area contributed by atoms with Gasteiger partial charge in [0.2, 0.25) is 0 Å². The van der Waals surface area contributed by atoms with Crippen molar-refractivity contribution >= 4 is 11.9 Å². The van der Waals surface area contributed by atoms with Crippen molar-refractivity contribution in [1.82, 2.24) is 19.9 Å². The van der Waals surface area contributed by atoms with Crippen LogP contribution in [0.25, 0.3) is 5.65 Å². The molecule has 3 heterocycles. The summed E-state index contributed by atoms with van der Waals surface area (Å²) in [6.45, 7) is 2.63. The molecular formula is C11H12N4O2. The van der Waals surface area contributed by atoms with Gasteiger partial charge in [-0.15, -0.1) is 0 Å². The fourth-order valence-electron chi connectivity index (χ4n) is 2.26. The predicted octanol–water partition coefficient (Wildman–Crippen LogP) is -0.131. The van der Waals surface area contributed by atoms with Crippen molar-refractivity contribution in [3.63, 3.8) is 0 Å². The number of H-pyrrole nitrogens is 1. The van der Waals surface area contributed by atoms with Crippen LogP contribution < -0.4 is 10.9 Å². The number of aldehydes is 1. The average molecular weight is 232 g/mol. The Morgan fingerprint density at radius 1 is 1.59 bits per heavy atom. The second-order valence-electron chi connectivity index (χ2n) is 4.34. The van der Waals surface area contributed by atoms with Crippen LogP contribution in [0.15, 0.2) is 11.0 Å². The highest BCUT2D eigenvalue weighted by molar-refractivity contribution is 5.83. The van der Waals surface area contributed by atoms with E-state index in [1.807, 2.05) is 6.92 Å². The van der Waals surface area contributed by atoms with Crippen molar-refractivity contribution in [2.45, 2.75) is 25.9 Å². The Morgan fingerprint density at radius 3 is 3.18 bits per heavy atom. The van der Waals surface area contributed by atoms with Crippen LogP contribution in [-0.2, 0) is 13.0 Å². The van der Waals surface area contributed by atoms with Gasteiger partial charge in [-0.25, -0.2) is 4.52 Å². The molecule has 17 heavy (non-hydrogen) atoms. The number of nitrogens with zero attached hydrogens (tertiary/aromatic N) is 2. The van der Waals surface area contributed by atoms with Crippen LogP contribution in [0, 0.1) is 0 Å². The molecule has 2 N–H and O–H groups in total. The summed E-state index contributed by atoms with van der Waals surface area (Å²) >= 11 is 0. The van der Waals surface area contributed by atoms with Crippen LogP contribution in [0.3, 0.4) is 0 Å². The first-order valence-electron chi connectivity index (χ1n) is 5.51. The summed E-state index contributed by atoms with van der Waals surface area (Å²) in [6.07, 6.45) is 2.84. The molecule has 0 saturated heterocycles. The number of hydrogen-bond acceptors (Lipinski definition) is 4. The third-order valence-corrected chi connectivity index (χ3v) is 3.16. The van der Waals surface area contributed by atoms with E-state index in [9.17, 15) is 9.59 Å². The summed E-state index contributed by atoms with van der Waals surface area (Å²) in [5.74, 6) is 0. The van der Waals surface area contributed by atoms with Gasteiger partial charge in [0.15, 0.2) is 6.29 Å². The van der Waals surface area contributed by atoms with Crippen LogP contribution in [0.5, 0.6) is 0 Å². The molecule has 3 rings (SSSR count). The number of carbonyl (C=O) groups is 1. The molecule has 0 aliphatic carbocycles. The molecule has 0 amide bonds.